The molecule has 0 bridgehead atoms. The highest BCUT2D eigenvalue weighted by molar-refractivity contribution is 5.79. The third-order valence-corrected chi connectivity index (χ3v) is 9.99. The van der Waals surface area contributed by atoms with Gasteiger partial charge in [-0.1, -0.05) is 124 Å². The summed E-state index contributed by atoms with van der Waals surface area (Å²) in [6.45, 7) is 14.3. The monoisotopic (exact) mass is 556 g/mol. The highest BCUT2D eigenvalue weighted by atomic mass is 15.2. The first kappa shape index (κ1) is 29.7. The first-order valence-corrected chi connectivity index (χ1v) is 15.9. The Bertz CT molecular complexity index is 1500. The summed E-state index contributed by atoms with van der Waals surface area (Å²) in [7, 11) is 2.24. The lowest BCUT2D eigenvalue weighted by atomic mass is 9.50. The topological polar surface area (TPSA) is 6.48 Å². The molecular formula is C40H48N2. The highest BCUT2D eigenvalue weighted by Crippen LogP contribution is 2.60. The Morgan fingerprint density at radius 1 is 0.952 bits per heavy atom. The van der Waals surface area contributed by atoms with Gasteiger partial charge in [-0.05, 0) is 67.5 Å². The van der Waals surface area contributed by atoms with E-state index in [2.05, 4.69) is 160 Å². The smallest absolute Gasteiger partial charge is 0.0726 e. The summed E-state index contributed by atoms with van der Waals surface area (Å²) in [5.41, 5.74) is 9.34. The average molecular weight is 557 g/mol. The molecule has 42 heavy (non-hydrogen) atoms. The van der Waals surface area contributed by atoms with Crippen molar-refractivity contribution in [3.8, 4) is 0 Å². The number of benzene rings is 2. The molecule has 3 heterocycles. The molecule has 1 fully saturated rings. The molecule has 2 heteroatoms. The van der Waals surface area contributed by atoms with Gasteiger partial charge in [0.1, 0.15) is 0 Å². The Labute approximate surface area is 254 Å². The van der Waals surface area contributed by atoms with Crippen molar-refractivity contribution < 1.29 is 0 Å². The van der Waals surface area contributed by atoms with Crippen LogP contribution in [0.4, 0.5) is 0 Å². The maximum absolute atomic E-state index is 2.70. The van der Waals surface area contributed by atoms with Crippen molar-refractivity contribution in [2.75, 3.05) is 13.6 Å². The maximum atomic E-state index is 2.70. The maximum Gasteiger partial charge on any atom is 0.0726 e. The Kier molecular flexibility index (Phi) is 8.64. The summed E-state index contributed by atoms with van der Waals surface area (Å²) in [6.07, 6.45) is 25.7. The zero-order chi connectivity index (χ0) is 29.9. The molecule has 0 amide bonds. The molecule has 0 N–H and O–H groups in total. The van der Waals surface area contributed by atoms with Gasteiger partial charge in [-0.3, -0.25) is 0 Å². The molecule has 1 aliphatic carbocycles. The van der Waals surface area contributed by atoms with Crippen molar-refractivity contribution in [3.63, 3.8) is 0 Å². The minimum Gasteiger partial charge on any atom is -0.369 e. The number of nitrogens with zero attached hydrogens (tertiary/aromatic N) is 2. The van der Waals surface area contributed by atoms with Crippen molar-refractivity contribution in [1.82, 2.24) is 9.80 Å². The van der Waals surface area contributed by atoms with Crippen molar-refractivity contribution in [2.24, 2.45) is 5.92 Å². The van der Waals surface area contributed by atoms with Crippen LogP contribution in [0.2, 0.25) is 0 Å². The zero-order valence-corrected chi connectivity index (χ0v) is 26.6. The van der Waals surface area contributed by atoms with Crippen LogP contribution in [0.25, 0.3) is 5.57 Å². The summed E-state index contributed by atoms with van der Waals surface area (Å²) < 4.78 is 0. The first-order chi connectivity index (χ1) is 20.5. The molecular weight excluding hydrogens is 508 g/mol. The van der Waals surface area contributed by atoms with Gasteiger partial charge in [-0.2, -0.15) is 0 Å². The molecule has 4 atom stereocenters. The molecule has 0 radical (unpaired) electrons. The van der Waals surface area contributed by atoms with Crippen LogP contribution in [0.15, 0.2) is 132 Å². The fraction of sp³-hybridized carbons (Fsp3) is 0.350. The molecule has 6 rings (SSSR count). The van der Waals surface area contributed by atoms with Crippen molar-refractivity contribution in [2.45, 2.75) is 71.4 Å². The van der Waals surface area contributed by atoms with Gasteiger partial charge < -0.3 is 9.80 Å². The van der Waals surface area contributed by atoms with Crippen LogP contribution in [-0.2, 0) is 5.41 Å². The Morgan fingerprint density at radius 3 is 2.40 bits per heavy atom. The molecule has 1 saturated heterocycles. The van der Waals surface area contributed by atoms with Crippen molar-refractivity contribution in [1.29, 1.82) is 0 Å². The van der Waals surface area contributed by atoms with Crippen LogP contribution < -0.4 is 0 Å². The van der Waals surface area contributed by atoms with Gasteiger partial charge in [-0.25, -0.2) is 0 Å². The van der Waals surface area contributed by atoms with Gasteiger partial charge >= 0.3 is 0 Å². The molecule has 2 aromatic carbocycles. The lowest BCUT2D eigenvalue weighted by Gasteiger charge is -2.64. The molecule has 0 saturated carbocycles. The molecule has 2 nitrogen and oxygen atoms in total. The lowest BCUT2D eigenvalue weighted by molar-refractivity contribution is 0.0299. The van der Waals surface area contributed by atoms with E-state index >= 15 is 0 Å². The van der Waals surface area contributed by atoms with Crippen LogP contribution in [0.1, 0.15) is 77.1 Å². The van der Waals surface area contributed by atoms with Gasteiger partial charge in [0, 0.05) is 42.4 Å². The lowest BCUT2D eigenvalue weighted by Crippen LogP contribution is -2.66. The van der Waals surface area contributed by atoms with Gasteiger partial charge in [-0.15, -0.1) is 0 Å². The fourth-order valence-electron chi connectivity index (χ4n) is 7.96. The second-order valence-corrected chi connectivity index (χ2v) is 11.9. The van der Waals surface area contributed by atoms with E-state index in [0.29, 0.717) is 5.92 Å². The van der Waals surface area contributed by atoms with Crippen LogP contribution in [0.5, 0.6) is 0 Å². The highest BCUT2D eigenvalue weighted by Gasteiger charge is 2.60. The predicted octanol–water partition coefficient (Wildman–Crippen LogP) is 9.94. The third kappa shape index (κ3) is 4.56. The van der Waals surface area contributed by atoms with Crippen molar-refractivity contribution in [3.05, 3.63) is 149 Å². The third-order valence-electron chi connectivity index (χ3n) is 9.99. The van der Waals surface area contributed by atoms with E-state index < -0.39 is 0 Å². The SMILES string of the molecule is CC.CC=CC1(c2ccccc2C2C=C(C)C(c3ccccc3)=CN2C)C2CC=CC=C2C2=CC=CCN2C1(C)CC. The van der Waals surface area contributed by atoms with Gasteiger partial charge in [0.25, 0.3) is 0 Å². The van der Waals surface area contributed by atoms with E-state index in [1.807, 2.05) is 13.8 Å². The van der Waals surface area contributed by atoms with Crippen LogP contribution in [0.3, 0.4) is 0 Å². The Balaban J connectivity index is 0.00000173. The molecule has 4 aliphatic rings. The van der Waals surface area contributed by atoms with Crippen LogP contribution in [0, 0.1) is 5.92 Å². The first-order valence-electron chi connectivity index (χ1n) is 15.9. The molecule has 3 aliphatic heterocycles. The minimum absolute atomic E-state index is 0.101. The quantitative estimate of drug-likeness (QED) is 0.338. The van der Waals surface area contributed by atoms with Crippen LogP contribution >= 0.6 is 0 Å². The van der Waals surface area contributed by atoms with Gasteiger partial charge in [0.05, 0.1) is 11.6 Å². The number of piperidine rings is 1. The summed E-state index contributed by atoms with van der Waals surface area (Å²) in [6, 6.07) is 20.2. The second-order valence-electron chi connectivity index (χ2n) is 11.9. The largest absolute Gasteiger partial charge is 0.369 e. The van der Waals surface area contributed by atoms with Crippen molar-refractivity contribution >= 4 is 5.57 Å². The zero-order valence-electron chi connectivity index (χ0n) is 26.6. The molecule has 218 valence electrons. The van der Waals surface area contributed by atoms with Gasteiger partial charge in [0.2, 0.25) is 0 Å². The summed E-state index contributed by atoms with van der Waals surface area (Å²) >= 11 is 0. The summed E-state index contributed by atoms with van der Waals surface area (Å²) in [5.74, 6) is 0.364. The molecule has 4 unspecified atom stereocenters. The normalized spacial score (nSPS) is 28.2. The number of rotatable bonds is 5. The Morgan fingerprint density at radius 2 is 1.67 bits per heavy atom. The summed E-state index contributed by atoms with van der Waals surface area (Å²) in [5, 5.41) is 0. The van der Waals surface area contributed by atoms with E-state index in [9.17, 15) is 0 Å². The molecule has 0 aromatic heterocycles. The average Bonchev–Trinajstić information content (AvgIpc) is 3.05. The predicted molar refractivity (Wildman–Crippen MR) is 181 cm³/mol. The van der Waals surface area contributed by atoms with E-state index in [0.717, 1.165) is 19.4 Å². The van der Waals surface area contributed by atoms with Crippen LogP contribution in [-0.4, -0.2) is 28.9 Å². The number of fused-ring (bicyclic) bond motifs is 3. The second kappa shape index (κ2) is 12.2. The minimum atomic E-state index is -0.196. The number of likely N-dealkylation sites (N-methyl/N-ethyl adjacent to an activating group) is 1. The number of hydrogen-bond donors (Lipinski definition) is 0. The number of hydrogen-bond acceptors (Lipinski definition) is 2. The number of allylic oxidation sites excluding steroid dienone is 9. The van der Waals surface area contributed by atoms with E-state index in [1.165, 1.54) is 39.1 Å². The van der Waals surface area contributed by atoms with E-state index in [4.69, 9.17) is 0 Å². The standard InChI is InChI=1S/C38H42N2.C2H6/c1-6-24-38(33-21-13-11-19-30(33)35-23-15-16-25-40(35)37(38,4)7-2)34-22-14-12-20-31(34)36-26-28(3)32(27-39(36)5)29-17-9-8-10-18-29;1-2/h6,8-20,22-24,26-27,33,36H,7,21,25H2,1-5H3;1-2H3. The van der Waals surface area contributed by atoms with E-state index in [1.54, 1.807) is 0 Å². The Hall–Kier alpha value is -3.78. The van der Waals surface area contributed by atoms with E-state index in [-0.39, 0.29) is 17.0 Å². The fourth-order valence-corrected chi connectivity index (χ4v) is 7.96. The van der Waals surface area contributed by atoms with Gasteiger partial charge in [0.15, 0.2) is 0 Å². The molecule has 0 spiro atoms. The molecule has 2 aromatic rings. The summed E-state index contributed by atoms with van der Waals surface area (Å²) in [4.78, 5) is 5.11.